The van der Waals surface area contributed by atoms with Crippen LogP contribution in [0.25, 0.3) is 28.3 Å². The first-order chi connectivity index (χ1) is 20.5. The molecule has 12 heteroatoms. The molecule has 0 saturated carbocycles. The summed E-state index contributed by atoms with van der Waals surface area (Å²) in [6, 6.07) is 16.6. The molecule has 0 atom stereocenters. The van der Waals surface area contributed by atoms with Crippen molar-refractivity contribution in [2.45, 2.75) is 19.3 Å². The first-order valence-corrected chi connectivity index (χ1v) is 13.4. The maximum absolute atomic E-state index is 13.8. The molecule has 8 nitrogen and oxygen atoms in total. The zero-order valence-corrected chi connectivity index (χ0v) is 23.7. The molecule has 5 aromatic rings. The fourth-order valence-electron chi connectivity index (χ4n) is 4.59. The molecule has 3 aromatic heterocycles. The Balaban J connectivity index is 1.48. The van der Waals surface area contributed by atoms with E-state index in [1.54, 1.807) is 49.5 Å². The Morgan fingerprint density at radius 1 is 0.953 bits per heavy atom. The number of nitrogens with zero attached hydrogens (tertiary/aromatic N) is 6. The van der Waals surface area contributed by atoms with Gasteiger partial charge in [0.15, 0.2) is 0 Å². The van der Waals surface area contributed by atoms with Gasteiger partial charge in [-0.25, -0.2) is 19.3 Å². The smallest absolute Gasteiger partial charge is 0.350 e. The number of alkyl halides is 3. The average molecular weight is 592 g/mol. The van der Waals surface area contributed by atoms with E-state index in [4.69, 9.17) is 4.98 Å². The van der Waals surface area contributed by atoms with E-state index in [1.165, 1.54) is 18.2 Å². The Morgan fingerprint density at radius 3 is 2.44 bits per heavy atom. The third-order valence-corrected chi connectivity index (χ3v) is 6.77. The zero-order chi connectivity index (χ0) is 30.7. The van der Waals surface area contributed by atoms with Crippen molar-refractivity contribution in [3.63, 3.8) is 0 Å². The predicted molar refractivity (Wildman–Crippen MR) is 155 cm³/mol. The van der Waals surface area contributed by atoms with Crippen LogP contribution >= 0.6 is 0 Å². The van der Waals surface area contributed by atoms with Crippen LogP contribution in [0.15, 0.2) is 79.1 Å². The van der Waals surface area contributed by atoms with Crippen molar-refractivity contribution in [3.8, 4) is 22.6 Å². The molecule has 43 heavy (non-hydrogen) atoms. The number of carbonyl (C=O) groups is 1. The Hall–Kier alpha value is -4.84. The second kappa shape index (κ2) is 12.2. The van der Waals surface area contributed by atoms with Crippen molar-refractivity contribution in [3.05, 3.63) is 102 Å². The van der Waals surface area contributed by atoms with Gasteiger partial charge >= 0.3 is 6.18 Å². The molecule has 0 aliphatic carbocycles. The highest BCUT2D eigenvalue weighted by molar-refractivity contribution is 5.81. The lowest BCUT2D eigenvalue weighted by atomic mass is 10.1. The summed E-state index contributed by atoms with van der Waals surface area (Å²) in [5.41, 5.74) is 3.64. The van der Waals surface area contributed by atoms with Crippen molar-refractivity contribution < 1.29 is 22.4 Å². The first-order valence-electron chi connectivity index (χ1n) is 13.4. The summed E-state index contributed by atoms with van der Waals surface area (Å²) < 4.78 is 55.1. The number of amides is 1. The van der Waals surface area contributed by atoms with Crippen LogP contribution in [0.1, 0.15) is 16.7 Å². The molecule has 1 N–H and O–H groups in total. The van der Waals surface area contributed by atoms with Crippen LogP contribution in [0.4, 0.5) is 23.5 Å². The molecule has 0 fully saturated rings. The summed E-state index contributed by atoms with van der Waals surface area (Å²) >= 11 is 0. The molecule has 0 radical (unpaired) electrons. The molecule has 5 rings (SSSR count). The quantitative estimate of drug-likeness (QED) is 0.220. The van der Waals surface area contributed by atoms with E-state index in [-0.39, 0.29) is 30.8 Å². The van der Waals surface area contributed by atoms with Crippen LogP contribution in [-0.4, -0.2) is 62.7 Å². The molecule has 222 valence electrons. The van der Waals surface area contributed by atoms with Gasteiger partial charge in [-0.15, -0.1) is 0 Å². The van der Waals surface area contributed by atoms with Gasteiger partial charge in [-0.1, -0.05) is 12.1 Å². The topological polar surface area (TPSA) is 78.7 Å². The van der Waals surface area contributed by atoms with Crippen LogP contribution in [0.3, 0.4) is 0 Å². The Labute approximate surface area is 245 Å². The number of anilines is 1. The second-order valence-corrected chi connectivity index (χ2v) is 10.4. The van der Waals surface area contributed by atoms with Gasteiger partial charge in [-0.2, -0.15) is 13.2 Å². The van der Waals surface area contributed by atoms with Gasteiger partial charge in [0.1, 0.15) is 11.5 Å². The number of hydrogen-bond donors (Lipinski definition) is 1. The van der Waals surface area contributed by atoms with E-state index in [9.17, 15) is 22.4 Å². The second-order valence-electron chi connectivity index (χ2n) is 10.4. The Kier molecular flexibility index (Phi) is 8.40. The average Bonchev–Trinajstić information content (AvgIpc) is 3.35. The highest BCUT2D eigenvalue weighted by Gasteiger charge is 2.30. The molecule has 0 aliphatic heterocycles. The van der Waals surface area contributed by atoms with Crippen LogP contribution < -0.4 is 5.32 Å². The summed E-state index contributed by atoms with van der Waals surface area (Å²) in [6.45, 7) is 0.857. The Bertz CT molecular complexity index is 1750. The van der Waals surface area contributed by atoms with E-state index in [2.05, 4.69) is 15.3 Å². The molecule has 0 bridgehead atoms. The number of imidazole rings is 1. The highest BCUT2D eigenvalue weighted by atomic mass is 19.4. The van der Waals surface area contributed by atoms with Crippen LogP contribution in [0.2, 0.25) is 0 Å². The van der Waals surface area contributed by atoms with Crippen molar-refractivity contribution in [1.29, 1.82) is 0 Å². The van der Waals surface area contributed by atoms with E-state index in [0.29, 0.717) is 40.4 Å². The Morgan fingerprint density at radius 2 is 1.72 bits per heavy atom. The number of fused-ring (bicyclic) bond motifs is 1. The number of carbonyl (C=O) groups excluding carboxylic acids is 1. The minimum atomic E-state index is -4.44. The lowest BCUT2D eigenvalue weighted by molar-refractivity contribution is -0.137. The van der Waals surface area contributed by atoms with E-state index in [1.807, 2.05) is 34.7 Å². The van der Waals surface area contributed by atoms with E-state index < -0.39 is 11.7 Å². The van der Waals surface area contributed by atoms with Crippen molar-refractivity contribution in [1.82, 2.24) is 29.2 Å². The van der Waals surface area contributed by atoms with Crippen LogP contribution in [0, 0.1) is 5.82 Å². The summed E-state index contributed by atoms with van der Waals surface area (Å²) in [5, 5.41) is 3.01. The molecule has 0 unspecified atom stereocenters. The molecule has 2 aromatic carbocycles. The lowest BCUT2D eigenvalue weighted by Crippen LogP contribution is -2.34. The number of halogens is 4. The first kappa shape index (κ1) is 29.6. The van der Waals surface area contributed by atoms with Crippen LogP contribution in [-0.2, 0) is 24.1 Å². The maximum atomic E-state index is 13.8. The molecule has 0 aliphatic rings. The molecule has 1 amide bonds. The van der Waals surface area contributed by atoms with Gasteiger partial charge in [0.2, 0.25) is 11.9 Å². The SMILES string of the molecule is CN(CC(=O)N(C)C)Cc1ccn2c(-c3ccnc(NCc4cccc(C(F)(F)F)c4)n3)c(-c3ccc(F)cc3)nc2c1. The predicted octanol–water partition coefficient (Wildman–Crippen LogP) is 5.75. The number of rotatable bonds is 9. The van der Waals surface area contributed by atoms with Gasteiger partial charge in [-0.05, 0) is 72.8 Å². The number of nitrogens with one attached hydrogen (secondary N) is 1. The number of aromatic nitrogens is 4. The van der Waals surface area contributed by atoms with Crippen molar-refractivity contribution >= 4 is 17.5 Å². The normalized spacial score (nSPS) is 11.7. The standard InChI is InChI=1S/C31H29F4N7O/c1-40(2)27(43)19-41(3)18-21-12-14-42-26(16-21)39-28(22-7-9-24(32)10-8-22)29(42)25-11-13-36-30(38-25)37-17-20-5-4-6-23(15-20)31(33,34)35/h4-16H,17-19H2,1-3H3,(H,36,37,38). The van der Waals surface area contributed by atoms with Crippen molar-refractivity contribution in [2.75, 3.05) is 33.0 Å². The van der Waals surface area contributed by atoms with Crippen LogP contribution in [0.5, 0.6) is 0 Å². The molecular weight excluding hydrogens is 562 g/mol. The fourth-order valence-corrected chi connectivity index (χ4v) is 4.59. The minimum Gasteiger partial charge on any atom is -0.350 e. The highest BCUT2D eigenvalue weighted by Crippen LogP contribution is 2.33. The largest absolute Gasteiger partial charge is 0.416 e. The van der Waals surface area contributed by atoms with E-state index >= 15 is 0 Å². The summed E-state index contributed by atoms with van der Waals surface area (Å²) in [7, 11) is 5.29. The fraction of sp³-hybridized carbons (Fsp3) is 0.226. The molecule has 0 saturated heterocycles. The van der Waals surface area contributed by atoms with Gasteiger partial charge < -0.3 is 10.2 Å². The monoisotopic (exact) mass is 591 g/mol. The lowest BCUT2D eigenvalue weighted by Gasteiger charge is -2.19. The number of pyridine rings is 1. The number of benzene rings is 2. The molecule has 3 heterocycles. The van der Waals surface area contributed by atoms with Gasteiger partial charge in [-0.3, -0.25) is 14.1 Å². The van der Waals surface area contributed by atoms with E-state index in [0.717, 1.165) is 17.7 Å². The minimum absolute atomic E-state index is 0.00787. The summed E-state index contributed by atoms with van der Waals surface area (Å²) in [5.74, 6) is -0.167. The zero-order valence-electron chi connectivity index (χ0n) is 23.7. The number of hydrogen-bond acceptors (Lipinski definition) is 6. The van der Waals surface area contributed by atoms with Crippen molar-refractivity contribution in [2.24, 2.45) is 0 Å². The summed E-state index contributed by atoms with van der Waals surface area (Å²) in [4.78, 5) is 29.3. The molecule has 0 spiro atoms. The summed E-state index contributed by atoms with van der Waals surface area (Å²) in [6.07, 6.45) is -1.03. The third-order valence-electron chi connectivity index (χ3n) is 6.77. The van der Waals surface area contributed by atoms with Gasteiger partial charge in [0.05, 0.1) is 29.2 Å². The third kappa shape index (κ3) is 6.97. The maximum Gasteiger partial charge on any atom is 0.416 e. The molecular formula is C31H29F4N7O. The van der Waals surface area contributed by atoms with Gasteiger partial charge in [0, 0.05) is 45.1 Å². The number of likely N-dealkylation sites (N-methyl/N-ethyl adjacent to an activating group) is 2. The van der Waals surface area contributed by atoms with Gasteiger partial charge in [0.25, 0.3) is 0 Å².